The van der Waals surface area contributed by atoms with Crippen molar-refractivity contribution < 1.29 is 19.4 Å². The molecule has 0 radical (unpaired) electrons. The Morgan fingerprint density at radius 3 is 3.00 bits per heavy atom. The second kappa shape index (κ2) is 10.0. The molecule has 1 heterocycles. The smallest absolute Gasteiger partial charge is 0.322 e. The minimum Gasteiger partial charge on any atom is -0.480 e. The van der Waals surface area contributed by atoms with Crippen molar-refractivity contribution in [3.63, 3.8) is 0 Å². The summed E-state index contributed by atoms with van der Waals surface area (Å²) < 4.78 is 5.08. The molecule has 2 rings (SSSR count). The van der Waals surface area contributed by atoms with Crippen LogP contribution in [0, 0.1) is 5.92 Å². The molecule has 1 aromatic carbocycles. The lowest BCUT2D eigenvalue weighted by Gasteiger charge is -2.16. The van der Waals surface area contributed by atoms with Crippen molar-refractivity contribution in [2.24, 2.45) is 5.92 Å². The van der Waals surface area contributed by atoms with Crippen LogP contribution in [-0.4, -0.2) is 68.3 Å². The molecule has 1 amide bonds. The van der Waals surface area contributed by atoms with Crippen LogP contribution in [0.3, 0.4) is 0 Å². The monoisotopic (exact) mass is 349 g/mol. The number of anilines is 1. The Morgan fingerprint density at radius 1 is 1.40 bits per heavy atom. The first kappa shape index (κ1) is 19.2. The third-order valence-electron chi connectivity index (χ3n) is 4.31. The number of amides is 1. The lowest BCUT2D eigenvalue weighted by molar-refractivity contribution is -0.134. The Labute approximate surface area is 148 Å². The van der Waals surface area contributed by atoms with E-state index in [1.807, 2.05) is 0 Å². The van der Waals surface area contributed by atoms with E-state index in [0.717, 1.165) is 39.1 Å². The summed E-state index contributed by atoms with van der Waals surface area (Å²) in [4.78, 5) is 25.3. The summed E-state index contributed by atoms with van der Waals surface area (Å²) in [6.07, 6.45) is 2.12. The highest BCUT2D eigenvalue weighted by molar-refractivity contribution is 5.95. The zero-order valence-electron chi connectivity index (χ0n) is 14.7. The third kappa shape index (κ3) is 6.72. The highest BCUT2D eigenvalue weighted by Crippen LogP contribution is 2.16. The summed E-state index contributed by atoms with van der Waals surface area (Å²) in [6.45, 7) is 4.38. The van der Waals surface area contributed by atoms with Crippen LogP contribution in [0.25, 0.3) is 0 Å². The van der Waals surface area contributed by atoms with Crippen molar-refractivity contribution in [1.82, 2.24) is 10.2 Å². The fraction of sp³-hybridized carbons (Fsp3) is 0.556. The maximum Gasteiger partial charge on any atom is 0.322 e. The number of ether oxygens (including phenoxy) is 1. The van der Waals surface area contributed by atoms with E-state index in [1.54, 1.807) is 31.4 Å². The molecule has 0 unspecified atom stereocenters. The molecule has 138 valence electrons. The summed E-state index contributed by atoms with van der Waals surface area (Å²) in [5.41, 5.74) is 1.16. The Morgan fingerprint density at radius 2 is 2.24 bits per heavy atom. The standard InChI is InChI=1S/C18H27N3O4/c1-25-9-3-7-21-8-6-14(13-21)11-20-18(24)15-4-2-5-16(10-15)19-12-17(22)23/h2,4-5,10,14,19H,3,6-9,11-13H2,1H3,(H,20,24)(H,22,23)/t14-/m0/s1. The highest BCUT2D eigenvalue weighted by atomic mass is 16.5. The number of benzene rings is 1. The van der Waals surface area contributed by atoms with E-state index in [2.05, 4.69) is 15.5 Å². The van der Waals surface area contributed by atoms with E-state index in [9.17, 15) is 9.59 Å². The molecule has 1 atom stereocenters. The first-order valence-corrected chi connectivity index (χ1v) is 8.63. The number of methoxy groups -OCH3 is 1. The van der Waals surface area contributed by atoms with Gasteiger partial charge in [0.15, 0.2) is 0 Å². The Kier molecular flexibility index (Phi) is 7.69. The number of carboxylic acids is 1. The molecule has 1 aromatic rings. The molecule has 1 saturated heterocycles. The maximum atomic E-state index is 12.3. The highest BCUT2D eigenvalue weighted by Gasteiger charge is 2.22. The zero-order valence-corrected chi connectivity index (χ0v) is 14.7. The minimum absolute atomic E-state index is 0.128. The second-order valence-corrected chi connectivity index (χ2v) is 6.34. The van der Waals surface area contributed by atoms with Gasteiger partial charge in [-0.15, -0.1) is 0 Å². The Hall–Kier alpha value is -2.12. The Balaban J connectivity index is 1.75. The normalized spacial score (nSPS) is 17.4. The number of carbonyl (C=O) groups excluding carboxylic acids is 1. The average molecular weight is 349 g/mol. The molecular weight excluding hydrogens is 322 g/mol. The van der Waals surface area contributed by atoms with Crippen LogP contribution in [-0.2, 0) is 9.53 Å². The van der Waals surface area contributed by atoms with Crippen molar-refractivity contribution in [2.45, 2.75) is 12.8 Å². The molecule has 3 N–H and O–H groups in total. The molecule has 7 heteroatoms. The van der Waals surface area contributed by atoms with Gasteiger partial charge in [0.05, 0.1) is 0 Å². The SMILES string of the molecule is COCCCN1CC[C@@H](CNC(=O)c2cccc(NCC(=O)O)c2)C1. The van der Waals surface area contributed by atoms with Crippen molar-refractivity contribution in [1.29, 1.82) is 0 Å². The van der Waals surface area contributed by atoms with Crippen molar-refractivity contribution in [3.05, 3.63) is 29.8 Å². The van der Waals surface area contributed by atoms with E-state index >= 15 is 0 Å². The number of carboxylic acid groups (broad SMARTS) is 1. The largest absolute Gasteiger partial charge is 0.480 e. The van der Waals surface area contributed by atoms with Crippen molar-refractivity contribution in [3.8, 4) is 0 Å². The molecule has 0 aliphatic carbocycles. The number of rotatable bonds is 10. The lowest BCUT2D eigenvalue weighted by Crippen LogP contribution is -2.31. The molecule has 0 bridgehead atoms. The number of nitrogens with zero attached hydrogens (tertiary/aromatic N) is 1. The van der Waals surface area contributed by atoms with Gasteiger partial charge in [0.2, 0.25) is 0 Å². The maximum absolute atomic E-state index is 12.3. The van der Waals surface area contributed by atoms with Crippen LogP contribution < -0.4 is 10.6 Å². The second-order valence-electron chi connectivity index (χ2n) is 6.34. The molecule has 1 fully saturated rings. The van der Waals surface area contributed by atoms with Gasteiger partial charge < -0.3 is 25.4 Å². The molecule has 1 aliphatic heterocycles. The van der Waals surface area contributed by atoms with Gasteiger partial charge in [-0.05, 0) is 43.5 Å². The average Bonchev–Trinajstić information content (AvgIpc) is 3.06. The van der Waals surface area contributed by atoms with E-state index in [-0.39, 0.29) is 12.5 Å². The zero-order chi connectivity index (χ0) is 18.1. The van der Waals surface area contributed by atoms with Crippen LogP contribution in [0.5, 0.6) is 0 Å². The van der Waals surface area contributed by atoms with Crippen LogP contribution in [0.15, 0.2) is 24.3 Å². The first-order valence-electron chi connectivity index (χ1n) is 8.63. The summed E-state index contributed by atoms with van der Waals surface area (Å²) in [7, 11) is 1.72. The van der Waals surface area contributed by atoms with Gasteiger partial charge in [0, 0.05) is 44.6 Å². The molecular formula is C18H27N3O4. The van der Waals surface area contributed by atoms with Gasteiger partial charge in [0.25, 0.3) is 5.91 Å². The summed E-state index contributed by atoms with van der Waals surface area (Å²) >= 11 is 0. The van der Waals surface area contributed by atoms with Crippen molar-refractivity contribution in [2.75, 3.05) is 51.8 Å². The van der Waals surface area contributed by atoms with Crippen LogP contribution in [0.4, 0.5) is 5.69 Å². The van der Waals surface area contributed by atoms with Gasteiger partial charge in [-0.1, -0.05) is 6.07 Å². The number of hydrogen-bond donors (Lipinski definition) is 3. The topological polar surface area (TPSA) is 90.9 Å². The van der Waals surface area contributed by atoms with E-state index in [1.165, 1.54) is 0 Å². The van der Waals surface area contributed by atoms with E-state index < -0.39 is 5.97 Å². The first-order chi connectivity index (χ1) is 12.1. The number of hydrogen-bond acceptors (Lipinski definition) is 5. The van der Waals surface area contributed by atoms with Crippen LogP contribution in [0.2, 0.25) is 0 Å². The summed E-state index contributed by atoms with van der Waals surface area (Å²) in [5.74, 6) is -0.595. The molecule has 0 spiro atoms. The number of likely N-dealkylation sites (tertiary alicyclic amines) is 1. The molecule has 0 aromatic heterocycles. The van der Waals surface area contributed by atoms with Gasteiger partial charge in [0.1, 0.15) is 6.54 Å². The lowest BCUT2D eigenvalue weighted by atomic mass is 10.1. The van der Waals surface area contributed by atoms with E-state index in [0.29, 0.717) is 23.7 Å². The number of carbonyl (C=O) groups is 2. The van der Waals surface area contributed by atoms with Crippen LogP contribution in [0.1, 0.15) is 23.2 Å². The number of aliphatic carboxylic acids is 1. The molecule has 1 aliphatic rings. The Bertz CT molecular complexity index is 579. The molecule has 7 nitrogen and oxygen atoms in total. The predicted molar refractivity (Wildman–Crippen MR) is 95.9 cm³/mol. The van der Waals surface area contributed by atoms with Gasteiger partial charge >= 0.3 is 5.97 Å². The fourth-order valence-corrected chi connectivity index (χ4v) is 3.00. The number of nitrogens with one attached hydrogen (secondary N) is 2. The van der Waals surface area contributed by atoms with Gasteiger partial charge in [-0.3, -0.25) is 9.59 Å². The predicted octanol–water partition coefficient (Wildman–Crippen LogP) is 1.27. The third-order valence-corrected chi connectivity index (χ3v) is 4.31. The fourth-order valence-electron chi connectivity index (χ4n) is 3.00. The quantitative estimate of drug-likeness (QED) is 0.551. The minimum atomic E-state index is -0.939. The van der Waals surface area contributed by atoms with Gasteiger partial charge in [-0.2, -0.15) is 0 Å². The van der Waals surface area contributed by atoms with Crippen molar-refractivity contribution >= 4 is 17.6 Å². The summed E-state index contributed by atoms with van der Waals surface area (Å²) in [5, 5.41) is 14.5. The van der Waals surface area contributed by atoms with E-state index in [4.69, 9.17) is 9.84 Å². The van der Waals surface area contributed by atoms with Gasteiger partial charge in [-0.25, -0.2) is 0 Å². The molecule has 0 saturated carbocycles. The summed E-state index contributed by atoms with van der Waals surface area (Å²) in [6, 6.07) is 6.89. The van der Waals surface area contributed by atoms with Crippen LogP contribution >= 0.6 is 0 Å². The molecule has 25 heavy (non-hydrogen) atoms.